The van der Waals surface area contributed by atoms with Crippen LogP contribution in [0.2, 0.25) is 0 Å². The molecule has 0 atom stereocenters. The molecule has 0 aliphatic rings. The van der Waals surface area contributed by atoms with Crippen LogP contribution in [0.3, 0.4) is 0 Å². The summed E-state index contributed by atoms with van der Waals surface area (Å²) in [6, 6.07) is 7.08. The number of nitrogens with zero attached hydrogens (tertiary/aromatic N) is 1. The van der Waals surface area contributed by atoms with Crippen LogP contribution in [0.5, 0.6) is 0 Å². The molecule has 3 N–H and O–H groups in total. The minimum Gasteiger partial charge on any atom is -0.389 e. The van der Waals surface area contributed by atoms with Gasteiger partial charge in [-0.1, -0.05) is 12.2 Å². The lowest BCUT2D eigenvalue weighted by Crippen LogP contribution is -2.18. The number of pyridine rings is 1. The van der Waals surface area contributed by atoms with Gasteiger partial charge >= 0.3 is 6.18 Å². The van der Waals surface area contributed by atoms with Gasteiger partial charge < -0.3 is 11.1 Å². The molecule has 0 aliphatic heterocycles. The van der Waals surface area contributed by atoms with Gasteiger partial charge in [-0.15, -0.1) is 0 Å². The highest BCUT2D eigenvalue weighted by Gasteiger charge is 2.34. The van der Waals surface area contributed by atoms with E-state index in [4.69, 9.17) is 5.73 Å². The van der Waals surface area contributed by atoms with E-state index in [1.165, 1.54) is 18.3 Å². The highest BCUT2D eigenvalue weighted by Crippen LogP contribution is 2.34. The van der Waals surface area contributed by atoms with E-state index in [0.29, 0.717) is 5.69 Å². The first-order chi connectivity index (χ1) is 9.38. The first-order valence-corrected chi connectivity index (χ1v) is 5.97. The number of rotatable bonds is 3. The summed E-state index contributed by atoms with van der Waals surface area (Å²) >= 11 is 4.64. The third-order valence-corrected chi connectivity index (χ3v) is 2.76. The molecule has 0 radical (unpaired) electrons. The molecule has 2 rings (SSSR count). The molecular formula is C13H10F3N3S. The summed E-state index contributed by atoms with van der Waals surface area (Å²) in [7, 11) is 0. The van der Waals surface area contributed by atoms with Crippen molar-refractivity contribution in [2.45, 2.75) is 6.18 Å². The minimum atomic E-state index is -4.52. The van der Waals surface area contributed by atoms with Gasteiger partial charge in [0, 0.05) is 17.4 Å². The van der Waals surface area contributed by atoms with E-state index < -0.39 is 11.7 Å². The number of hydrogen-bond donors (Lipinski definition) is 2. The average Bonchev–Trinajstić information content (AvgIpc) is 2.38. The first kappa shape index (κ1) is 14.3. The minimum absolute atomic E-state index is 0.191. The number of aromatic nitrogens is 1. The fourth-order valence-electron chi connectivity index (χ4n) is 1.67. The predicted molar refractivity (Wildman–Crippen MR) is 74.9 cm³/mol. The maximum atomic E-state index is 13.0. The van der Waals surface area contributed by atoms with Gasteiger partial charge in [0.15, 0.2) is 0 Å². The summed E-state index contributed by atoms with van der Waals surface area (Å²) in [6.07, 6.45) is -1.44. The Hall–Kier alpha value is -2.15. The molecule has 1 aromatic heterocycles. The average molecular weight is 297 g/mol. The topological polar surface area (TPSA) is 50.9 Å². The van der Waals surface area contributed by atoms with Crippen LogP contribution >= 0.6 is 12.2 Å². The summed E-state index contributed by atoms with van der Waals surface area (Å²) in [6.45, 7) is 0. The van der Waals surface area contributed by atoms with Gasteiger partial charge in [-0.25, -0.2) is 0 Å². The molecule has 1 aromatic carbocycles. The quantitative estimate of drug-likeness (QED) is 0.852. The number of nitrogens with one attached hydrogen (secondary N) is 1. The monoisotopic (exact) mass is 297 g/mol. The van der Waals surface area contributed by atoms with Gasteiger partial charge in [-0.3, -0.25) is 4.98 Å². The molecular weight excluding hydrogens is 287 g/mol. The van der Waals surface area contributed by atoms with Gasteiger partial charge in [0.05, 0.1) is 17.4 Å². The van der Waals surface area contributed by atoms with Crippen molar-refractivity contribution in [1.29, 1.82) is 0 Å². The third-order valence-electron chi connectivity index (χ3n) is 2.54. The van der Waals surface area contributed by atoms with Crippen LogP contribution in [0.15, 0.2) is 42.7 Å². The fourth-order valence-corrected chi connectivity index (χ4v) is 1.85. The Bertz CT molecular complexity index is 627. The molecule has 104 valence electrons. The van der Waals surface area contributed by atoms with Gasteiger partial charge in [0.2, 0.25) is 0 Å². The van der Waals surface area contributed by atoms with E-state index in [9.17, 15) is 13.2 Å². The Morgan fingerprint density at radius 1 is 1.20 bits per heavy atom. The molecule has 0 bridgehead atoms. The van der Waals surface area contributed by atoms with E-state index in [1.807, 2.05) is 0 Å². The molecule has 1 heterocycles. The van der Waals surface area contributed by atoms with Crippen LogP contribution in [-0.4, -0.2) is 9.97 Å². The smallest absolute Gasteiger partial charge is 0.389 e. The second kappa shape index (κ2) is 5.46. The number of alkyl halides is 3. The van der Waals surface area contributed by atoms with Crippen LogP contribution in [-0.2, 0) is 6.18 Å². The van der Waals surface area contributed by atoms with Crippen molar-refractivity contribution < 1.29 is 13.2 Å². The second-order valence-corrected chi connectivity index (χ2v) is 4.43. The zero-order chi connectivity index (χ0) is 14.8. The standard InChI is InChI=1S/C13H10F3N3S/c14-13(15,16)11-6-8(3-4-10(11)12(17)20)19-9-2-1-5-18-7-9/h1-7,19H,(H2,17,20). The maximum absolute atomic E-state index is 13.0. The van der Waals surface area contributed by atoms with Crippen LogP contribution in [0, 0.1) is 0 Å². The molecule has 3 nitrogen and oxygen atoms in total. The van der Waals surface area contributed by atoms with Crippen molar-refractivity contribution in [1.82, 2.24) is 4.98 Å². The molecule has 0 spiro atoms. The molecule has 20 heavy (non-hydrogen) atoms. The van der Waals surface area contributed by atoms with Crippen LogP contribution in [0.4, 0.5) is 24.5 Å². The van der Waals surface area contributed by atoms with Crippen molar-refractivity contribution >= 4 is 28.6 Å². The van der Waals surface area contributed by atoms with Crippen LogP contribution in [0.25, 0.3) is 0 Å². The van der Waals surface area contributed by atoms with E-state index in [-0.39, 0.29) is 16.2 Å². The lowest BCUT2D eigenvalue weighted by atomic mass is 10.1. The second-order valence-electron chi connectivity index (χ2n) is 3.99. The van der Waals surface area contributed by atoms with Crippen molar-refractivity contribution in [3.05, 3.63) is 53.9 Å². The Morgan fingerprint density at radius 2 is 1.95 bits per heavy atom. The largest absolute Gasteiger partial charge is 0.417 e. The van der Waals surface area contributed by atoms with Gasteiger partial charge in [-0.2, -0.15) is 13.2 Å². The highest BCUT2D eigenvalue weighted by atomic mass is 32.1. The number of anilines is 2. The van der Waals surface area contributed by atoms with Crippen LogP contribution < -0.4 is 11.1 Å². The Labute approximate surface area is 118 Å². The summed E-state index contributed by atoms with van der Waals surface area (Å²) < 4.78 is 38.9. The number of nitrogens with two attached hydrogens (primary N) is 1. The summed E-state index contributed by atoms with van der Waals surface area (Å²) in [5.41, 5.74) is 5.13. The molecule has 0 unspecified atom stereocenters. The predicted octanol–water partition coefficient (Wildman–Crippen LogP) is 3.48. The zero-order valence-corrected chi connectivity index (χ0v) is 10.9. The molecule has 2 aromatic rings. The number of halogens is 3. The van der Waals surface area contributed by atoms with Gasteiger partial charge in [0.1, 0.15) is 4.99 Å². The summed E-state index contributed by atoms with van der Waals surface area (Å²) in [4.78, 5) is 3.59. The normalized spacial score (nSPS) is 11.2. The fraction of sp³-hybridized carbons (Fsp3) is 0.0769. The van der Waals surface area contributed by atoms with Crippen molar-refractivity contribution in [3.63, 3.8) is 0 Å². The third kappa shape index (κ3) is 3.24. The molecule has 0 aliphatic carbocycles. The van der Waals surface area contributed by atoms with Crippen molar-refractivity contribution in [3.8, 4) is 0 Å². The van der Waals surface area contributed by atoms with Crippen molar-refractivity contribution in [2.75, 3.05) is 5.32 Å². The number of hydrogen-bond acceptors (Lipinski definition) is 3. The SMILES string of the molecule is NC(=S)c1ccc(Nc2cccnc2)cc1C(F)(F)F. The van der Waals surface area contributed by atoms with E-state index in [1.54, 1.807) is 18.3 Å². The van der Waals surface area contributed by atoms with E-state index in [2.05, 4.69) is 22.5 Å². The zero-order valence-electron chi connectivity index (χ0n) is 10.1. The molecule has 0 amide bonds. The van der Waals surface area contributed by atoms with E-state index in [0.717, 1.165) is 6.07 Å². The Kier molecular flexibility index (Phi) is 3.89. The Morgan fingerprint density at radius 3 is 2.50 bits per heavy atom. The first-order valence-electron chi connectivity index (χ1n) is 5.56. The van der Waals surface area contributed by atoms with Crippen molar-refractivity contribution in [2.24, 2.45) is 5.73 Å². The lowest BCUT2D eigenvalue weighted by Gasteiger charge is -2.14. The van der Waals surface area contributed by atoms with Crippen LogP contribution in [0.1, 0.15) is 11.1 Å². The van der Waals surface area contributed by atoms with Gasteiger partial charge in [0.25, 0.3) is 0 Å². The van der Waals surface area contributed by atoms with E-state index >= 15 is 0 Å². The molecule has 0 saturated carbocycles. The molecule has 7 heteroatoms. The summed E-state index contributed by atoms with van der Waals surface area (Å²) in [5.74, 6) is 0. The lowest BCUT2D eigenvalue weighted by molar-refractivity contribution is -0.137. The highest BCUT2D eigenvalue weighted by molar-refractivity contribution is 7.80. The summed E-state index contributed by atoms with van der Waals surface area (Å²) in [5, 5.41) is 2.84. The number of benzene rings is 1. The van der Waals surface area contributed by atoms with Gasteiger partial charge in [-0.05, 0) is 30.3 Å². The molecule has 0 saturated heterocycles. The molecule has 0 fully saturated rings. The Balaban J connectivity index is 2.40. The number of thiocarbonyl (C=S) groups is 1. The maximum Gasteiger partial charge on any atom is 0.417 e.